The van der Waals surface area contributed by atoms with Gasteiger partial charge in [-0.1, -0.05) is 13.8 Å². The number of Topliss-reactive ketones (excluding diaryl/α,β-unsaturated/α-hetero) is 1. The van der Waals surface area contributed by atoms with Crippen LogP contribution in [0.4, 0.5) is 0 Å². The molecular formula is C23H27N3O4. The fraction of sp³-hybridized carbons (Fsp3) is 0.391. The third kappa shape index (κ3) is 4.20. The Kier molecular flexibility index (Phi) is 6.20. The lowest BCUT2D eigenvalue weighted by molar-refractivity contribution is 0.0472. The zero-order chi connectivity index (χ0) is 22.0. The van der Waals surface area contributed by atoms with E-state index in [1.54, 1.807) is 35.1 Å². The van der Waals surface area contributed by atoms with Crippen LogP contribution in [0.2, 0.25) is 0 Å². The van der Waals surface area contributed by atoms with Gasteiger partial charge < -0.3 is 9.47 Å². The van der Waals surface area contributed by atoms with Crippen LogP contribution in [-0.2, 0) is 11.3 Å². The molecule has 0 spiro atoms. The molecule has 0 N–H and O–H groups in total. The molecule has 7 heteroatoms. The van der Waals surface area contributed by atoms with Crippen LogP contribution in [0.5, 0.6) is 5.75 Å². The third-order valence-electron chi connectivity index (χ3n) is 4.93. The highest BCUT2D eigenvalue weighted by atomic mass is 16.5. The normalized spacial score (nSPS) is 11.3. The van der Waals surface area contributed by atoms with Gasteiger partial charge in [0, 0.05) is 22.9 Å². The van der Waals surface area contributed by atoms with Gasteiger partial charge in [-0.15, -0.1) is 0 Å². The molecule has 0 aliphatic rings. The predicted octanol–water partition coefficient (Wildman–Crippen LogP) is 4.70. The number of ketones is 1. The van der Waals surface area contributed by atoms with E-state index in [0.717, 1.165) is 5.69 Å². The van der Waals surface area contributed by atoms with Gasteiger partial charge in [0.2, 0.25) is 0 Å². The van der Waals surface area contributed by atoms with Crippen molar-refractivity contribution in [3.63, 3.8) is 0 Å². The first-order valence-corrected chi connectivity index (χ1v) is 9.96. The molecular weight excluding hydrogens is 382 g/mol. The summed E-state index contributed by atoms with van der Waals surface area (Å²) < 4.78 is 12.8. The summed E-state index contributed by atoms with van der Waals surface area (Å²) in [7, 11) is 1.54. The number of benzene rings is 1. The van der Waals surface area contributed by atoms with Crippen molar-refractivity contribution >= 4 is 22.8 Å². The number of rotatable bonds is 7. The zero-order valence-electron chi connectivity index (χ0n) is 18.2. The number of aromatic nitrogens is 3. The van der Waals surface area contributed by atoms with Crippen LogP contribution in [0.3, 0.4) is 0 Å². The van der Waals surface area contributed by atoms with Gasteiger partial charge in [0.15, 0.2) is 11.4 Å². The van der Waals surface area contributed by atoms with E-state index in [4.69, 9.17) is 14.5 Å². The van der Waals surface area contributed by atoms with E-state index in [1.807, 2.05) is 27.7 Å². The highest BCUT2D eigenvalue weighted by molar-refractivity contribution is 6.02. The maximum atomic E-state index is 13.0. The van der Waals surface area contributed by atoms with E-state index in [2.05, 4.69) is 5.10 Å². The van der Waals surface area contributed by atoms with Crippen molar-refractivity contribution < 1.29 is 19.1 Å². The van der Waals surface area contributed by atoms with Crippen molar-refractivity contribution in [3.8, 4) is 5.75 Å². The maximum Gasteiger partial charge on any atom is 0.339 e. The van der Waals surface area contributed by atoms with Gasteiger partial charge in [-0.3, -0.25) is 4.79 Å². The van der Waals surface area contributed by atoms with E-state index in [-0.39, 0.29) is 24.3 Å². The van der Waals surface area contributed by atoms with Crippen LogP contribution in [-0.4, -0.2) is 33.6 Å². The topological polar surface area (TPSA) is 83.3 Å². The standard InChI is InChI=1S/C23H27N3O4/c1-13(2)20-10-18(19-11-24-26(14(3)4)22(19)25-20)23(28)30-12-17-9-16(15(5)27)7-8-21(17)29-6/h7-11,13-14H,12H2,1-6H3. The molecule has 0 atom stereocenters. The lowest BCUT2D eigenvalue weighted by atomic mass is 10.1. The molecule has 0 bridgehead atoms. The van der Waals surface area contributed by atoms with Gasteiger partial charge in [0.05, 0.1) is 24.3 Å². The number of pyridine rings is 1. The van der Waals surface area contributed by atoms with Crippen molar-refractivity contribution in [3.05, 3.63) is 52.8 Å². The van der Waals surface area contributed by atoms with Crippen molar-refractivity contribution in [2.45, 2.75) is 53.2 Å². The fourth-order valence-electron chi connectivity index (χ4n) is 3.21. The number of fused-ring (bicyclic) bond motifs is 1. The summed E-state index contributed by atoms with van der Waals surface area (Å²) in [6.07, 6.45) is 1.65. The van der Waals surface area contributed by atoms with Crippen LogP contribution in [0.15, 0.2) is 30.5 Å². The van der Waals surface area contributed by atoms with Gasteiger partial charge in [-0.05, 0) is 51.0 Å². The van der Waals surface area contributed by atoms with Crippen molar-refractivity contribution in [2.75, 3.05) is 7.11 Å². The molecule has 30 heavy (non-hydrogen) atoms. The number of carbonyl (C=O) groups excluding carboxylic acids is 2. The van der Waals surface area contributed by atoms with Crippen molar-refractivity contribution in [1.29, 1.82) is 0 Å². The monoisotopic (exact) mass is 409 g/mol. The Bertz CT molecular complexity index is 1100. The van der Waals surface area contributed by atoms with Gasteiger partial charge in [0.25, 0.3) is 0 Å². The average Bonchev–Trinajstić information content (AvgIpc) is 3.15. The van der Waals surface area contributed by atoms with E-state index in [0.29, 0.717) is 33.5 Å². The Morgan fingerprint density at radius 1 is 1.13 bits per heavy atom. The van der Waals surface area contributed by atoms with Crippen molar-refractivity contribution in [2.24, 2.45) is 0 Å². The molecule has 3 rings (SSSR count). The van der Waals surface area contributed by atoms with E-state index in [1.165, 1.54) is 14.0 Å². The number of ether oxygens (including phenoxy) is 2. The molecule has 0 saturated carbocycles. The summed E-state index contributed by atoms with van der Waals surface area (Å²) in [4.78, 5) is 29.4. The molecule has 0 unspecified atom stereocenters. The summed E-state index contributed by atoms with van der Waals surface area (Å²) in [5, 5.41) is 5.06. The summed E-state index contributed by atoms with van der Waals surface area (Å²) in [6, 6.07) is 6.96. The SMILES string of the molecule is COc1ccc(C(C)=O)cc1COC(=O)c1cc(C(C)C)nc2c1cnn2C(C)C. The van der Waals surface area contributed by atoms with Gasteiger partial charge >= 0.3 is 5.97 Å². The lowest BCUT2D eigenvalue weighted by Gasteiger charge is -2.13. The number of hydrogen-bond acceptors (Lipinski definition) is 6. The zero-order valence-corrected chi connectivity index (χ0v) is 18.2. The highest BCUT2D eigenvalue weighted by Gasteiger charge is 2.20. The van der Waals surface area contributed by atoms with Crippen LogP contribution in [0.1, 0.15) is 78.6 Å². The minimum absolute atomic E-state index is 0.0116. The number of nitrogens with zero attached hydrogens (tertiary/aromatic N) is 3. The average molecular weight is 409 g/mol. The number of hydrogen-bond donors (Lipinski definition) is 0. The largest absolute Gasteiger partial charge is 0.496 e. The first-order chi connectivity index (χ1) is 14.2. The minimum atomic E-state index is -0.470. The van der Waals surface area contributed by atoms with E-state index >= 15 is 0 Å². The van der Waals surface area contributed by atoms with E-state index < -0.39 is 5.97 Å². The highest BCUT2D eigenvalue weighted by Crippen LogP contribution is 2.26. The molecule has 0 aliphatic carbocycles. The van der Waals surface area contributed by atoms with Gasteiger partial charge in [-0.2, -0.15) is 5.10 Å². The molecule has 0 fully saturated rings. The maximum absolute atomic E-state index is 13.0. The third-order valence-corrected chi connectivity index (χ3v) is 4.93. The molecule has 2 heterocycles. The molecule has 0 radical (unpaired) electrons. The summed E-state index contributed by atoms with van der Waals surface area (Å²) >= 11 is 0. The molecule has 1 aromatic carbocycles. The molecule has 7 nitrogen and oxygen atoms in total. The van der Waals surface area contributed by atoms with E-state index in [9.17, 15) is 9.59 Å². The van der Waals surface area contributed by atoms with Crippen LogP contribution < -0.4 is 4.74 Å². The first-order valence-electron chi connectivity index (χ1n) is 9.96. The van der Waals surface area contributed by atoms with Gasteiger partial charge in [0.1, 0.15) is 12.4 Å². The Hall–Kier alpha value is -3.22. The second-order valence-corrected chi connectivity index (χ2v) is 7.83. The lowest BCUT2D eigenvalue weighted by Crippen LogP contribution is -2.10. The molecule has 0 saturated heterocycles. The minimum Gasteiger partial charge on any atom is -0.496 e. The molecule has 2 aromatic heterocycles. The number of methoxy groups -OCH3 is 1. The summed E-state index contributed by atoms with van der Waals surface area (Å²) in [5.74, 6) is 0.165. The predicted molar refractivity (Wildman–Crippen MR) is 114 cm³/mol. The Morgan fingerprint density at radius 3 is 2.47 bits per heavy atom. The summed E-state index contributed by atoms with van der Waals surface area (Å²) in [5.41, 5.74) is 3.06. The van der Waals surface area contributed by atoms with Crippen LogP contribution in [0, 0.1) is 0 Å². The Morgan fingerprint density at radius 2 is 1.87 bits per heavy atom. The first kappa shape index (κ1) is 21.5. The fourth-order valence-corrected chi connectivity index (χ4v) is 3.21. The smallest absolute Gasteiger partial charge is 0.339 e. The quantitative estimate of drug-likeness (QED) is 0.415. The summed E-state index contributed by atoms with van der Waals surface area (Å²) in [6.45, 7) is 9.56. The number of esters is 1. The molecule has 3 aromatic rings. The second-order valence-electron chi connectivity index (χ2n) is 7.83. The van der Waals surface area contributed by atoms with Crippen molar-refractivity contribution in [1.82, 2.24) is 14.8 Å². The molecule has 0 aliphatic heterocycles. The second kappa shape index (κ2) is 8.65. The molecule has 158 valence electrons. The number of carbonyl (C=O) groups is 2. The van der Waals surface area contributed by atoms with Gasteiger partial charge in [-0.25, -0.2) is 14.5 Å². The Labute approximate surface area is 176 Å². The van der Waals surface area contributed by atoms with Crippen LogP contribution >= 0.6 is 0 Å². The molecule has 0 amide bonds. The Balaban J connectivity index is 1.96. The van der Waals surface area contributed by atoms with Crippen LogP contribution in [0.25, 0.3) is 11.0 Å².